The number of carbonyl (C=O) groups is 3. The van der Waals surface area contributed by atoms with Gasteiger partial charge in [-0.3, -0.25) is 14.4 Å². The first-order valence-electron chi connectivity index (χ1n) is 7.64. The summed E-state index contributed by atoms with van der Waals surface area (Å²) in [5.41, 5.74) is -0.746. The number of thioether (sulfide) groups is 1. The van der Waals surface area contributed by atoms with E-state index in [-0.39, 0.29) is 29.7 Å². The van der Waals surface area contributed by atoms with E-state index >= 15 is 0 Å². The largest absolute Gasteiger partial charge is 0.481 e. The summed E-state index contributed by atoms with van der Waals surface area (Å²) in [5, 5.41) is 18.0. The number of nitrogens with one attached hydrogen (secondary N) is 2. The molecule has 0 spiro atoms. The lowest BCUT2D eigenvalue weighted by Gasteiger charge is -2.31. The number of amides is 2. The second kappa shape index (κ2) is 9.31. The summed E-state index contributed by atoms with van der Waals surface area (Å²) >= 11 is 1.15. The minimum Gasteiger partial charge on any atom is -0.481 e. The normalized spacial score (nSPS) is 11.1. The van der Waals surface area contributed by atoms with E-state index < -0.39 is 11.5 Å². The van der Waals surface area contributed by atoms with Gasteiger partial charge in [-0.25, -0.2) is 0 Å². The number of anilines is 1. The van der Waals surface area contributed by atoms with Gasteiger partial charge in [0.2, 0.25) is 11.8 Å². The monoisotopic (exact) mass is 357 g/mol. The van der Waals surface area contributed by atoms with Crippen LogP contribution in [0.1, 0.15) is 38.9 Å². The van der Waals surface area contributed by atoms with Crippen LogP contribution in [0.15, 0.2) is 10.6 Å². The van der Waals surface area contributed by atoms with Crippen molar-refractivity contribution in [3.05, 3.63) is 11.8 Å². The molecule has 0 aliphatic carbocycles. The van der Waals surface area contributed by atoms with Crippen molar-refractivity contribution in [1.29, 1.82) is 0 Å². The summed E-state index contributed by atoms with van der Waals surface area (Å²) in [6, 6.07) is 1.60. The van der Waals surface area contributed by atoms with Gasteiger partial charge >= 0.3 is 5.97 Å². The van der Waals surface area contributed by atoms with Gasteiger partial charge in [-0.05, 0) is 19.8 Å². The smallest absolute Gasteiger partial charge is 0.305 e. The predicted molar refractivity (Wildman–Crippen MR) is 90.9 cm³/mol. The summed E-state index contributed by atoms with van der Waals surface area (Å²) in [4.78, 5) is 34.7. The van der Waals surface area contributed by atoms with E-state index in [0.717, 1.165) is 11.8 Å². The number of rotatable bonds is 10. The van der Waals surface area contributed by atoms with Gasteiger partial charge in [0, 0.05) is 11.6 Å². The minimum absolute atomic E-state index is 0.0760. The number of nitrogens with zero attached hydrogens (tertiary/aromatic N) is 1. The molecule has 0 unspecified atom stereocenters. The maximum Gasteiger partial charge on any atom is 0.305 e. The van der Waals surface area contributed by atoms with Crippen molar-refractivity contribution in [2.24, 2.45) is 0 Å². The maximum atomic E-state index is 12.0. The van der Waals surface area contributed by atoms with Crippen molar-refractivity contribution in [3.63, 3.8) is 0 Å². The Morgan fingerprint density at radius 3 is 2.38 bits per heavy atom. The fourth-order valence-corrected chi connectivity index (χ4v) is 2.80. The molecule has 1 aromatic rings. The SMILES string of the molecule is CCC(CC)(CC(=O)O)NC(=O)CSCC(=O)Nc1cc(C)on1. The molecular weight excluding hydrogens is 334 g/mol. The molecule has 24 heavy (non-hydrogen) atoms. The lowest BCUT2D eigenvalue weighted by atomic mass is 9.89. The molecule has 0 atom stereocenters. The summed E-state index contributed by atoms with van der Waals surface area (Å²) in [6.45, 7) is 5.40. The Kier molecular flexibility index (Phi) is 7.76. The lowest BCUT2D eigenvalue weighted by Crippen LogP contribution is -2.49. The van der Waals surface area contributed by atoms with Crippen LogP contribution >= 0.6 is 11.8 Å². The number of carboxylic acid groups (broad SMARTS) is 1. The van der Waals surface area contributed by atoms with Crippen LogP contribution in [0.2, 0.25) is 0 Å². The summed E-state index contributed by atoms with van der Waals surface area (Å²) < 4.78 is 4.84. The predicted octanol–water partition coefficient (Wildman–Crippen LogP) is 1.80. The first-order chi connectivity index (χ1) is 11.3. The molecule has 8 nitrogen and oxygen atoms in total. The van der Waals surface area contributed by atoms with Crippen LogP contribution < -0.4 is 10.6 Å². The summed E-state index contributed by atoms with van der Waals surface area (Å²) in [5.74, 6) is -0.435. The van der Waals surface area contributed by atoms with Crippen LogP contribution in [0.25, 0.3) is 0 Å². The number of aliphatic carboxylic acids is 1. The van der Waals surface area contributed by atoms with E-state index in [0.29, 0.717) is 24.4 Å². The number of aromatic nitrogens is 1. The number of hydrogen-bond donors (Lipinski definition) is 3. The Hall–Kier alpha value is -2.03. The van der Waals surface area contributed by atoms with E-state index in [1.165, 1.54) is 0 Å². The molecule has 2 amide bonds. The van der Waals surface area contributed by atoms with Crippen LogP contribution in [-0.4, -0.2) is 45.1 Å². The Bertz CT molecular complexity index is 583. The van der Waals surface area contributed by atoms with Gasteiger partial charge in [-0.1, -0.05) is 19.0 Å². The highest BCUT2D eigenvalue weighted by Crippen LogP contribution is 2.20. The van der Waals surface area contributed by atoms with E-state index in [9.17, 15) is 14.4 Å². The van der Waals surface area contributed by atoms with Gasteiger partial charge in [0.15, 0.2) is 5.82 Å². The topological polar surface area (TPSA) is 122 Å². The van der Waals surface area contributed by atoms with Crippen molar-refractivity contribution in [1.82, 2.24) is 10.5 Å². The number of carboxylic acids is 1. The molecule has 0 radical (unpaired) electrons. The standard InChI is InChI=1S/C15H23N3O5S/c1-4-15(5-2,7-14(21)22)17-13(20)9-24-8-12(19)16-11-6-10(3)23-18-11/h6H,4-5,7-9H2,1-3H3,(H,17,20)(H,21,22)(H,16,18,19). The van der Waals surface area contributed by atoms with Gasteiger partial charge in [0.1, 0.15) is 5.76 Å². The Balaban J connectivity index is 2.39. The third-order valence-electron chi connectivity index (χ3n) is 3.61. The fourth-order valence-electron chi connectivity index (χ4n) is 2.18. The number of carbonyl (C=O) groups excluding carboxylic acids is 2. The van der Waals surface area contributed by atoms with Crippen LogP contribution in [0.5, 0.6) is 0 Å². The Labute approximate surface area is 144 Å². The molecule has 0 aliphatic rings. The Morgan fingerprint density at radius 1 is 1.25 bits per heavy atom. The van der Waals surface area contributed by atoms with Gasteiger partial charge in [-0.2, -0.15) is 0 Å². The van der Waals surface area contributed by atoms with E-state index in [1.807, 2.05) is 13.8 Å². The number of hydrogen-bond acceptors (Lipinski definition) is 6. The molecule has 1 heterocycles. The quantitative estimate of drug-likeness (QED) is 0.584. The summed E-state index contributed by atoms with van der Waals surface area (Å²) in [7, 11) is 0. The fraction of sp³-hybridized carbons (Fsp3) is 0.600. The van der Waals surface area contributed by atoms with Gasteiger partial charge in [0.05, 0.1) is 17.9 Å². The van der Waals surface area contributed by atoms with Gasteiger partial charge in [0.25, 0.3) is 0 Å². The average molecular weight is 357 g/mol. The molecule has 0 saturated heterocycles. The zero-order chi connectivity index (χ0) is 18.2. The minimum atomic E-state index is -0.950. The molecule has 9 heteroatoms. The average Bonchev–Trinajstić information content (AvgIpc) is 2.90. The molecule has 0 bridgehead atoms. The summed E-state index contributed by atoms with van der Waals surface area (Å²) in [6.07, 6.45) is 0.929. The molecule has 0 aromatic carbocycles. The molecular formula is C15H23N3O5S. The van der Waals surface area contributed by atoms with Crippen molar-refractivity contribution in [2.75, 3.05) is 16.8 Å². The van der Waals surface area contributed by atoms with E-state index in [2.05, 4.69) is 15.8 Å². The van der Waals surface area contributed by atoms with Crippen LogP contribution in [0, 0.1) is 6.92 Å². The number of aryl methyl sites for hydroxylation is 1. The molecule has 0 fully saturated rings. The molecule has 1 aromatic heterocycles. The third-order valence-corrected chi connectivity index (χ3v) is 4.54. The maximum absolute atomic E-state index is 12.0. The first kappa shape index (κ1) is 20.0. The highest BCUT2D eigenvalue weighted by molar-refractivity contribution is 8.00. The highest BCUT2D eigenvalue weighted by Gasteiger charge is 2.30. The van der Waals surface area contributed by atoms with Gasteiger partial charge < -0.3 is 20.3 Å². The molecule has 134 valence electrons. The van der Waals surface area contributed by atoms with Crippen molar-refractivity contribution >= 4 is 35.4 Å². The molecule has 0 saturated carbocycles. The van der Waals surface area contributed by atoms with Crippen molar-refractivity contribution in [2.45, 2.75) is 45.6 Å². The zero-order valence-corrected chi connectivity index (χ0v) is 14.9. The first-order valence-corrected chi connectivity index (χ1v) is 8.79. The third kappa shape index (κ3) is 6.61. The molecule has 1 rings (SSSR count). The molecule has 3 N–H and O–H groups in total. The lowest BCUT2D eigenvalue weighted by molar-refractivity contribution is -0.139. The second-order valence-electron chi connectivity index (χ2n) is 5.47. The van der Waals surface area contributed by atoms with Gasteiger partial charge in [-0.15, -0.1) is 11.8 Å². The zero-order valence-electron chi connectivity index (χ0n) is 14.0. The van der Waals surface area contributed by atoms with E-state index in [4.69, 9.17) is 9.63 Å². The van der Waals surface area contributed by atoms with Crippen LogP contribution in [0.3, 0.4) is 0 Å². The van der Waals surface area contributed by atoms with Crippen LogP contribution in [0.4, 0.5) is 5.82 Å². The second-order valence-corrected chi connectivity index (χ2v) is 6.46. The van der Waals surface area contributed by atoms with Crippen molar-refractivity contribution in [3.8, 4) is 0 Å². The van der Waals surface area contributed by atoms with Crippen LogP contribution in [-0.2, 0) is 14.4 Å². The molecule has 0 aliphatic heterocycles. The highest BCUT2D eigenvalue weighted by atomic mass is 32.2. The Morgan fingerprint density at radius 2 is 1.88 bits per heavy atom. The van der Waals surface area contributed by atoms with Crippen molar-refractivity contribution < 1.29 is 24.0 Å². The van der Waals surface area contributed by atoms with E-state index in [1.54, 1.807) is 13.0 Å².